The maximum Gasteiger partial charge on any atom is 0.229 e. The lowest BCUT2D eigenvalue weighted by atomic mass is 10.2. The van der Waals surface area contributed by atoms with Crippen LogP contribution < -0.4 is 0 Å². The molecule has 1 fully saturated rings. The van der Waals surface area contributed by atoms with E-state index in [1.807, 2.05) is 18.2 Å². The molecule has 3 rings (SSSR count). The molecule has 0 spiro atoms. The van der Waals surface area contributed by atoms with Crippen LogP contribution in [0.4, 0.5) is 0 Å². The second kappa shape index (κ2) is 5.52. The third-order valence-electron chi connectivity index (χ3n) is 3.64. The molecule has 0 bridgehead atoms. The molecule has 0 N–H and O–H groups in total. The van der Waals surface area contributed by atoms with Crippen molar-refractivity contribution < 1.29 is 18.8 Å². The summed E-state index contributed by atoms with van der Waals surface area (Å²) in [5, 5.41) is 0.828. The highest BCUT2D eigenvalue weighted by atomic mass is 16.3. The molecule has 0 unspecified atom stereocenters. The van der Waals surface area contributed by atoms with Gasteiger partial charge in [0.25, 0.3) is 0 Å². The number of Topliss-reactive ketones (excluding diaryl/α,β-unsaturated/α-hetero) is 1. The number of hydrogen-bond acceptors (Lipinski definition) is 4. The van der Waals surface area contributed by atoms with Crippen molar-refractivity contribution in [3.63, 3.8) is 0 Å². The maximum absolute atomic E-state index is 12.2. The molecular formula is C16H15NO4. The highest BCUT2D eigenvalue weighted by molar-refractivity contribution is 6.05. The fourth-order valence-electron chi connectivity index (χ4n) is 2.48. The summed E-state index contributed by atoms with van der Waals surface area (Å²) >= 11 is 0. The number of hydrogen-bond donors (Lipinski definition) is 0. The first-order valence-electron chi connectivity index (χ1n) is 7.00. The number of likely N-dealkylation sites (tertiary alicyclic amines) is 1. The van der Waals surface area contributed by atoms with Crippen molar-refractivity contribution >= 4 is 28.6 Å². The summed E-state index contributed by atoms with van der Waals surface area (Å²) in [7, 11) is 0. The number of carbonyl (C=O) groups is 3. The Balaban J connectivity index is 1.81. The molecular weight excluding hydrogens is 270 g/mol. The van der Waals surface area contributed by atoms with Gasteiger partial charge in [0, 0.05) is 18.2 Å². The van der Waals surface area contributed by atoms with E-state index in [0.717, 1.165) is 10.3 Å². The number of ketones is 1. The summed E-state index contributed by atoms with van der Waals surface area (Å²) in [5.41, 5.74) is 0.620. The van der Waals surface area contributed by atoms with E-state index in [1.165, 1.54) is 0 Å². The molecule has 0 radical (unpaired) electrons. The van der Waals surface area contributed by atoms with E-state index >= 15 is 0 Å². The van der Waals surface area contributed by atoms with Crippen LogP contribution >= 0.6 is 0 Å². The van der Waals surface area contributed by atoms with Crippen LogP contribution in [0, 0.1) is 0 Å². The van der Waals surface area contributed by atoms with Gasteiger partial charge in [0.05, 0.1) is 6.54 Å². The monoisotopic (exact) mass is 285 g/mol. The Bertz CT molecular complexity index is 665. The fourth-order valence-corrected chi connectivity index (χ4v) is 2.48. The number of amides is 2. The number of para-hydroxylation sites is 1. The van der Waals surface area contributed by atoms with Gasteiger partial charge in [-0.1, -0.05) is 18.2 Å². The first kappa shape index (κ1) is 13.5. The Labute approximate surface area is 121 Å². The predicted octanol–water partition coefficient (Wildman–Crippen LogP) is 2.54. The average molecular weight is 285 g/mol. The Morgan fingerprint density at radius 3 is 2.43 bits per heavy atom. The average Bonchev–Trinajstić information content (AvgIpc) is 2.86. The normalized spacial score (nSPS) is 16.3. The molecule has 21 heavy (non-hydrogen) atoms. The number of imide groups is 1. The smallest absolute Gasteiger partial charge is 0.229 e. The van der Waals surface area contributed by atoms with Crippen molar-refractivity contribution in [2.75, 3.05) is 6.54 Å². The van der Waals surface area contributed by atoms with Crippen LogP contribution in [-0.2, 0) is 9.59 Å². The van der Waals surface area contributed by atoms with Gasteiger partial charge in [-0.25, -0.2) is 0 Å². The van der Waals surface area contributed by atoms with Gasteiger partial charge in [-0.3, -0.25) is 19.3 Å². The van der Waals surface area contributed by atoms with Crippen LogP contribution in [0.15, 0.2) is 34.7 Å². The molecule has 0 atom stereocenters. The molecule has 5 nitrogen and oxygen atoms in total. The SMILES string of the molecule is O=C(CN1C(=O)CCCCC1=O)c1cc2ccccc2o1. The minimum absolute atomic E-state index is 0.182. The molecule has 1 saturated heterocycles. The summed E-state index contributed by atoms with van der Waals surface area (Å²) in [6.45, 7) is -0.239. The highest BCUT2D eigenvalue weighted by Crippen LogP contribution is 2.20. The van der Waals surface area contributed by atoms with Crippen molar-refractivity contribution in [2.24, 2.45) is 0 Å². The third kappa shape index (κ3) is 2.72. The molecule has 5 heteroatoms. The zero-order valence-corrected chi connectivity index (χ0v) is 11.5. The summed E-state index contributed by atoms with van der Waals surface area (Å²) < 4.78 is 5.47. The van der Waals surface area contributed by atoms with Gasteiger partial charge in [0.15, 0.2) is 5.76 Å². The summed E-state index contributed by atoms with van der Waals surface area (Å²) in [5.74, 6) is -0.722. The lowest BCUT2D eigenvalue weighted by molar-refractivity contribution is -0.143. The van der Waals surface area contributed by atoms with Crippen LogP contribution in [0.5, 0.6) is 0 Å². The topological polar surface area (TPSA) is 67.6 Å². The largest absolute Gasteiger partial charge is 0.453 e. The molecule has 108 valence electrons. The molecule has 1 aromatic carbocycles. The van der Waals surface area contributed by atoms with E-state index in [0.29, 0.717) is 31.3 Å². The van der Waals surface area contributed by atoms with E-state index < -0.39 is 0 Å². The molecule has 2 heterocycles. The Kier molecular flexibility index (Phi) is 3.56. The summed E-state index contributed by atoms with van der Waals surface area (Å²) in [6.07, 6.45) is 2.03. The van der Waals surface area contributed by atoms with Crippen LogP contribution in [0.3, 0.4) is 0 Å². The van der Waals surface area contributed by atoms with Crippen molar-refractivity contribution in [1.29, 1.82) is 0 Å². The van der Waals surface area contributed by atoms with E-state index in [-0.39, 0.29) is 29.9 Å². The lowest BCUT2D eigenvalue weighted by Gasteiger charge is -2.16. The Morgan fingerprint density at radius 1 is 1.10 bits per heavy atom. The quantitative estimate of drug-likeness (QED) is 0.642. The zero-order chi connectivity index (χ0) is 14.8. The molecule has 1 aromatic heterocycles. The van der Waals surface area contributed by atoms with E-state index in [1.54, 1.807) is 12.1 Å². The number of benzene rings is 1. The zero-order valence-electron chi connectivity index (χ0n) is 11.5. The van der Waals surface area contributed by atoms with Gasteiger partial charge >= 0.3 is 0 Å². The second-order valence-electron chi connectivity index (χ2n) is 5.15. The summed E-state index contributed by atoms with van der Waals surface area (Å²) in [4.78, 5) is 37.1. The molecule has 0 saturated carbocycles. The van der Waals surface area contributed by atoms with Crippen molar-refractivity contribution in [1.82, 2.24) is 4.90 Å². The van der Waals surface area contributed by atoms with Crippen LogP contribution in [-0.4, -0.2) is 29.0 Å². The van der Waals surface area contributed by atoms with Crippen LogP contribution in [0.2, 0.25) is 0 Å². The Hall–Kier alpha value is -2.43. The van der Waals surface area contributed by atoms with Crippen molar-refractivity contribution in [3.8, 4) is 0 Å². The van der Waals surface area contributed by atoms with E-state index in [2.05, 4.69) is 0 Å². The van der Waals surface area contributed by atoms with Crippen molar-refractivity contribution in [2.45, 2.75) is 25.7 Å². The van der Waals surface area contributed by atoms with E-state index in [9.17, 15) is 14.4 Å². The van der Waals surface area contributed by atoms with Gasteiger partial charge in [0.1, 0.15) is 5.58 Å². The molecule has 1 aliphatic rings. The number of furan rings is 1. The minimum Gasteiger partial charge on any atom is -0.453 e. The lowest BCUT2D eigenvalue weighted by Crippen LogP contribution is -2.39. The van der Waals surface area contributed by atoms with Gasteiger partial charge in [-0.15, -0.1) is 0 Å². The second-order valence-corrected chi connectivity index (χ2v) is 5.15. The highest BCUT2D eigenvalue weighted by Gasteiger charge is 2.27. The molecule has 2 amide bonds. The van der Waals surface area contributed by atoms with Gasteiger partial charge in [-0.2, -0.15) is 0 Å². The van der Waals surface area contributed by atoms with Crippen LogP contribution in [0.1, 0.15) is 36.2 Å². The number of nitrogens with zero attached hydrogens (tertiary/aromatic N) is 1. The maximum atomic E-state index is 12.2. The Morgan fingerprint density at radius 2 is 1.76 bits per heavy atom. The summed E-state index contributed by atoms with van der Waals surface area (Å²) in [6, 6.07) is 8.94. The molecule has 0 aliphatic carbocycles. The first-order chi connectivity index (χ1) is 10.1. The third-order valence-corrected chi connectivity index (χ3v) is 3.64. The standard InChI is InChI=1S/C16H15NO4/c18-12(10-17-15(19)7-3-4-8-16(17)20)14-9-11-5-1-2-6-13(11)21-14/h1-2,5-6,9H,3-4,7-8,10H2. The number of fused-ring (bicyclic) bond motifs is 1. The number of carbonyl (C=O) groups excluding carboxylic acids is 3. The molecule has 2 aromatic rings. The van der Waals surface area contributed by atoms with Gasteiger partial charge in [0.2, 0.25) is 17.6 Å². The predicted molar refractivity (Wildman–Crippen MR) is 75.7 cm³/mol. The fraction of sp³-hybridized carbons (Fsp3) is 0.312. The van der Waals surface area contributed by atoms with Gasteiger partial charge < -0.3 is 4.42 Å². The van der Waals surface area contributed by atoms with Gasteiger partial charge in [-0.05, 0) is 25.0 Å². The van der Waals surface area contributed by atoms with Crippen molar-refractivity contribution in [3.05, 3.63) is 36.1 Å². The van der Waals surface area contributed by atoms with Crippen LogP contribution in [0.25, 0.3) is 11.0 Å². The first-order valence-corrected chi connectivity index (χ1v) is 7.00. The molecule has 1 aliphatic heterocycles. The minimum atomic E-state index is -0.352. The van der Waals surface area contributed by atoms with E-state index in [4.69, 9.17) is 4.42 Å². The number of rotatable bonds is 3.